The van der Waals surface area contributed by atoms with Gasteiger partial charge in [-0.3, -0.25) is 4.79 Å². The predicted molar refractivity (Wildman–Crippen MR) is 99.2 cm³/mol. The second-order valence-corrected chi connectivity index (χ2v) is 7.43. The van der Waals surface area contributed by atoms with E-state index in [1.54, 1.807) is 14.1 Å². The third-order valence-corrected chi connectivity index (χ3v) is 4.66. The summed E-state index contributed by atoms with van der Waals surface area (Å²) in [5.74, 6) is 0.238. The molecule has 0 aromatic carbocycles. The molecule has 0 saturated heterocycles. The number of amides is 2. The number of aromatic amines is 1. The Labute approximate surface area is 153 Å². The van der Waals surface area contributed by atoms with Gasteiger partial charge in [0.05, 0.1) is 0 Å². The molecule has 2 heterocycles. The summed E-state index contributed by atoms with van der Waals surface area (Å²) in [4.78, 5) is 32.9. The van der Waals surface area contributed by atoms with Crippen LogP contribution in [0.15, 0.2) is 18.3 Å². The number of ether oxygens (including phenoxy) is 1. The number of nitrogens with zero attached hydrogens (tertiary/aromatic N) is 2. The fraction of sp³-hybridized carbons (Fsp3) is 0.526. The van der Waals surface area contributed by atoms with Gasteiger partial charge in [0.2, 0.25) is 0 Å². The van der Waals surface area contributed by atoms with Crippen LogP contribution in [-0.2, 0) is 4.74 Å². The molecule has 2 unspecified atom stereocenters. The van der Waals surface area contributed by atoms with Gasteiger partial charge in [-0.15, -0.1) is 0 Å². The van der Waals surface area contributed by atoms with E-state index in [0.29, 0.717) is 17.3 Å². The van der Waals surface area contributed by atoms with Crippen LogP contribution in [-0.4, -0.2) is 53.1 Å². The molecule has 0 spiro atoms. The second kappa shape index (κ2) is 7.35. The van der Waals surface area contributed by atoms with Crippen molar-refractivity contribution in [2.75, 3.05) is 14.1 Å². The third kappa shape index (κ3) is 3.98. The zero-order valence-corrected chi connectivity index (χ0v) is 15.7. The summed E-state index contributed by atoms with van der Waals surface area (Å²) in [6.45, 7) is 3.82. The fourth-order valence-corrected chi connectivity index (χ4v) is 3.38. The molecule has 1 fully saturated rings. The maximum Gasteiger partial charge on any atom is 0.407 e. The Kier molecular flexibility index (Phi) is 5.15. The summed E-state index contributed by atoms with van der Waals surface area (Å²) in [7, 11) is 3.45. The molecule has 1 saturated carbocycles. The molecule has 2 aromatic heterocycles. The van der Waals surface area contributed by atoms with Crippen molar-refractivity contribution in [1.82, 2.24) is 20.2 Å². The minimum Gasteiger partial charge on any atom is -0.446 e. The molecule has 0 aliphatic heterocycles. The summed E-state index contributed by atoms with van der Waals surface area (Å²) in [5.41, 5.74) is 2.37. The molecule has 1 aliphatic carbocycles. The van der Waals surface area contributed by atoms with Crippen LogP contribution in [0.3, 0.4) is 0 Å². The maximum absolute atomic E-state index is 12.1. The molecule has 7 heteroatoms. The minimum absolute atomic E-state index is 0.0634. The summed E-state index contributed by atoms with van der Waals surface area (Å²) in [5, 5.41) is 3.68. The van der Waals surface area contributed by atoms with E-state index < -0.39 is 0 Å². The zero-order valence-electron chi connectivity index (χ0n) is 15.7. The Hall–Kier alpha value is -2.57. The highest BCUT2D eigenvalue weighted by molar-refractivity contribution is 5.97. The molecule has 140 valence electrons. The third-order valence-electron chi connectivity index (χ3n) is 4.66. The lowest BCUT2D eigenvalue weighted by Gasteiger charge is -2.15. The Bertz CT molecular complexity index is 812. The number of pyridine rings is 1. The normalized spacial score (nSPS) is 19.7. The van der Waals surface area contributed by atoms with Crippen molar-refractivity contribution in [2.24, 2.45) is 0 Å². The monoisotopic (exact) mass is 358 g/mol. The van der Waals surface area contributed by atoms with Crippen molar-refractivity contribution in [3.8, 4) is 0 Å². The number of hydrogen-bond acceptors (Lipinski definition) is 4. The Morgan fingerprint density at radius 3 is 2.77 bits per heavy atom. The van der Waals surface area contributed by atoms with Crippen LogP contribution in [0.25, 0.3) is 11.0 Å². The smallest absolute Gasteiger partial charge is 0.407 e. The molecule has 2 amide bonds. The highest BCUT2D eigenvalue weighted by atomic mass is 16.6. The standard InChI is InChI=1S/C19H26N4O3/c1-11(2)21-19(25)26-15-6-5-12(8-15)14-7-13-9-16(18(24)23(3)4)22-17(13)20-10-14/h7,9-12,15H,5-6,8H2,1-4H3,(H,20,22)(H,21,25). The number of rotatable bonds is 4. The molecular formula is C19H26N4O3. The van der Waals surface area contributed by atoms with E-state index in [4.69, 9.17) is 4.74 Å². The quantitative estimate of drug-likeness (QED) is 0.879. The Morgan fingerprint density at radius 1 is 1.31 bits per heavy atom. The van der Waals surface area contributed by atoms with Crippen LogP contribution in [0.4, 0.5) is 4.79 Å². The number of aromatic nitrogens is 2. The van der Waals surface area contributed by atoms with Gasteiger partial charge in [-0.1, -0.05) is 0 Å². The van der Waals surface area contributed by atoms with Crippen LogP contribution in [0.5, 0.6) is 0 Å². The molecule has 2 N–H and O–H groups in total. The van der Waals surface area contributed by atoms with Crippen molar-refractivity contribution in [2.45, 2.75) is 51.2 Å². The van der Waals surface area contributed by atoms with Gasteiger partial charge in [0.1, 0.15) is 17.4 Å². The van der Waals surface area contributed by atoms with Gasteiger partial charge in [0.15, 0.2) is 0 Å². The van der Waals surface area contributed by atoms with Gasteiger partial charge in [0, 0.05) is 31.7 Å². The van der Waals surface area contributed by atoms with Crippen LogP contribution in [0, 0.1) is 0 Å². The summed E-state index contributed by atoms with van der Waals surface area (Å²) >= 11 is 0. The van der Waals surface area contributed by atoms with Crippen LogP contribution in [0.1, 0.15) is 55.1 Å². The number of alkyl carbamates (subject to hydrolysis) is 1. The summed E-state index contributed by atoms with van der Waals surface area (Å²) < 4.78 is 5.50. The predicted octanol–water partition coefficient (Wildman–Crippen LogP) is 3.04. The minimum atomic E-state index is -0.350. The van der Waals surface area contributed by atoms with E-state index in [9.17, 15) is 9.59 Å². The summed E-state index contributed by atoms with van der Waals surface area (Å²) in [6.07, 6.45) is 4.05. The molecule has 26 heavy (non-hydrogen) atoms. The Morgan fingerprint density at radius 2 is 2.08 bits per heavy atom. The average molecular weight is 358 g/mol. The number of nitrogens with one attached hydrogen (secondary N) is 2. The lowest BCUT2D eigenvalue weighted by Crippen LogP contribution is -2.33. The zero-order chi connectivity index (χ0) is 18.8. The number of H-pyrrole nitrogens is 1. The van der Waals surface area contributed by atoms with Gasteiger partial charge in [-0.2, -0.15) is 0 Å². The Balaban J connectivity index is 1.69. The topological polar surface area (TPSA) is 87.3 Å². The van der Waals surface area contributed by atoms with E-state index in [2.05, 4.69) is 21.4 Å². The summed E-state index contributed by atoms with van der Waals surface area (Å²) in [6, 6.07) is 3.98. The van der Waals surface area contributed by atoms with E-state index in [1.165, 1.54) is 4.90 Å². The molecule has 1 aliphatic rings. The van der Waals surface area contributed by atoms with Crippen molar-refractivity contribution in [3.63, 3.8) is 0 Å². The first kappa shape index (κ1) is 18.2. The van der Waals surface area contributed by atoms with E-state index in [0.717, 1.165) is 30.2 Å². The van der Waals surface area contributed by atoms with Crippen molar-refractivity contribution < 1.29 is 14.3 Å². The fourth-order valence-electron chi connectivity index (χ4n) is 3.38. The maximum atomic E-state index is 12.1. The van der Waals surface area contributed by atoms with Crippen molar-refractivity contribution in [1.29, 1.82) is 0 Å². The van der Waals surface area contributed by atoms with Crippen LogP contribution < -0.4 is 5.32 Å². The van der Waals surface area contributed by atoms with Gasteiger partial charge in [0.25, 0.3) is 5.91 Å². The lowest BCUT2D eigenvalue weighted by atomic mass is 9.99. The number of fused-ring (bicyclic) bond motifs is 1. The highest BCUT2D eigenvalue weighted by Gasteiger charge is 2.29. The van der Waals surface area contributed by atoms with E-state index in [-0.39, 0.29) is 24.1 Å². The average Bonchev–Trinajstić information content (AvgIpc) is 3.18. The van der Waals surface area contributed by atoms with Crippen LogP contribution in [0.2, 0.25) is 0 Å². The molecule has 3 rings (SSSR count). The molecule has 2 aromatic rings. The number of hydrogen-bond donors (Lipinski definition) is 2. The van der Waals surface area contributed by atoms with Gasteiger partial charge >= 0.3 is 6.09 Å². The molecule has 2 atom stereocenters. The van der Waals surface area contributed by atoms with E-state index in [1.807, 2.05) is 26.1 Å². The van der Waals surface area contributed by atoms with Gasteiger partial charge in [-0.05, 0) is 56.7 Å². The molecule has 0 radical (unpaired) electrons. The SMILES string of the molecule is CC(C)NC(=O)OC1CCC(c2cnc3[nH]c(C(=O)N(C)C)cc3c2)C1. The number of carbonyl (C=O) groups excluding carboxylic acids is 2. The van der Waals surface area contributed by atoms with Gasteiger partial charge < -0.3 is 19.9 Å². The van der Waals surface area contributed by atoms with Crippen molar-refractivity contribution in [3.05, 3.63) is 29.6 Å². The lowest BCUT2D eigenvalue weighted by molar-refractivity contribution is 0.0822. The largest absolute Gasteiger partial charge is 0.446 e. The molecule has 0 bridgehead atoms. The second-order valence-electron chi connectivity index (χ2n) is 7.43. The first-order valence-corrected chi connectivity index (χ1v) is 9.01. The number of carbonyl (C=O) groups is 2. The first-order chi connectivity index (χ1) is 12.3. The van der Waals surface area contributed by atoms with Crippen LogP contribution >= 0.6 is 0 Å². The van der Waals surface area contributed by atoms with Crippen molar-refractivity contribution >= 4 is 23.0 Å². The highest BCUT2D eigenvalue weighted by Crippen LogP contribution is 2.36. The van der Waals surface area contributed by atoms with E-state index >= 15 is 0 Å². The van der Waals surface area contributed by atoms with Gasteiger partial charge in [-0.25, -0.2) is 9.78 Å². The first-order valence-electron chi connectivity index (χ1n) is 9.01. The molecule has 7 nitrogen and oxygen atoms in total. The molecular weight excluding hydrogens is 332 g/mol.